The molecular formula is C16H16FN3O3. The smallest absolute Gasteiger partial charge is 0.254 e. The highest BCUT2D eigenvalue weighted by Gasteiger charge is 2.24. The molecule has 0 bridgehead atoms. The second-order valence-electron chi connectivity index (χ2n) is 5.34. The third-order valence-electron chi connectivity index (χ3n) is 3.81. The molecule has 1 N–H and O–H groups in total. The van der Waals surface area contributed by atoms with Crippen LogP contribution in [0.15, 0.2) is 29.1 Å². The number of aromatic nitrogens is 2. The van der Waals surface area contributed by atoms with Gasteiger partial charge in [0.2, 0.25) is 5.91 Å². The number of rotatable bonds is 3. The molecule has 1 aliphatic rings. The summed E-state index contributed by atoms with van der Waals surface area (Å²) in [6.07, 6.45) is 0.455. The SMILES string of the molecule is COCC(=O)N1CCc2c(nc(-c3ccc(F)cc3)[nH]c2=O)C1. The summed E-state index contributed by atoms with van der Waals surface area (Å²) < 4.78 is 17.9. The van der Waals surface area contributed by atoms with Crippen molar-refractivity contribution < 1.29 is 13.9 Å². The van der Waals surface area contributed by atoms with Crippen LogP contribution in [-0.2, 0) is 22.5 Å². The Labute approximate surface area is 131 Å². The summed E-state index contributed by atoms with van der Waals surface area (Å²) in [6.45, 7) is 0.745. The summed E-state index contributed by atoms with van der Waals surface area (Å²) in [5.74, 6) is -0.122. The number of carbonyl (C=O) groups is 1. The van der Waals surface area contributed by atoms with Gasteiger partial charge in [-0.25, -0.2) is 9.37 Å². The van der Waals surface area contributed by atoms with Crippen LogP contribution >= 0.6 is 0 Å². The Morgan fingerprint density at radius 1 is 1.39 bits per heavy atom. The van der Waals surface area contributed by atoms with Gasteiger partial charge in [0.05, 0.1) is 12.2 Å². The highest BCUT2D eigenvalue weighted by molar-refractivity contribution is 5.77. The van der Waals surface area contributed by atoms with Gasteiger partial charge >= 0.3 is 0 Å². The molecule has 0 unspecified atom stereocenters. The van der Waals surface area contributed by atoms with Gasteiger partial charge in [-0.1, -0.05) is 0 Å². The van der Waals surface area contributed by atoms with Crippen LogP contribution in [0.5, 0.6) is 0 Å². The maximum atomic E-state index is 13.0. The summed E-state index contributed by atoms with van der Waals surface area (Å²) >= 11 is 0. The number of benzene rings is 1. The number of nitrogens with zero attached hydrogens (tertiary/aromatic N) is 2. The zero-order valence-electron chi connectivity index (χ0n) is 12.6. The van der Waals surface area contributed by atoms with Crippen molar-refractivity contribution in [3.8, 4) is 11.4 Å². The molecule has 0 atom stereocenters. The lowest BCUT2D eigenvalue weighted by atomic mass is 10.1. The van der Waals surface area contributed by atoms with Gasteiger partial charge in [-0.3, -0.25) is 9.59 Å². The fourth-order valence-electron chi connectivity index (χ4n) is 2.61. The number of amides is 1. The lowest BCUT2D eigenvalue weighted by Crippen LogP contribution is -2.40. The minimum Gasteiger partial charge on any atom is -0.375 e. The molecule has 1 aromatic carbocycles. The van der Waals surface area contributed by atoms with Crippen LogP contribution in [0.3, 0.4) is 0 Å². The molecule has 23 heavy (non-hydrogen) atoms. The van der Waals surface area contributed by atoms with Crippen molar-refractivity contribution in [2.24, 2.45) is 0 Å². The topological polar surface area (TPSA) is 75.3 Å². The molecule has 1 amide bonds. The maximum absolute atomic E-state index is 13.0. The Hall–Kier alpha value is -2.54. The van der Waals surface area contributed by atoms with Crippen molar-refractivity contribution in [2.45, 2.75) is 13.0 Å². The number of nitrogens with one attached hydrogen (secondary N) is 1. The number of aromatic amines is 1. The van der Waals surface area contributed by atoms with Crippen LogP contribution in [0.4, 0.5) is 4.39 Å². The first-order chi connectivity index (χ1) is 11.1. The average molecular weight is 317 g/mol. The highest BCUT2D eigenvalue weighted by atomic mass is 19.1. The summed E-state index contributed by atoms with van der Waals surface area (Å²) in [4.78, 5) is 33.0. The number of hydrogen-bond acceptors (Lipinski definition) is 4. The number of carbonyl (C=O) groups excluding carboxylic acids is 1. The average Bonchev–Trinajstić information content (AvgIpc) is 2.55. The molecule has 120 valence electrons. The van der Waals surface area contributed by atoms with E-state index in [0.29, 0.717) is 35.6 Å². The van der Waals surface area contributed by atoms with Gasteiger partial charge in [-0.15, -0.1) is 0 Å². The Bertz CT molecular complexity index is 786. The third kappa shape index (κ3) is 3.14. The van der Waals surface area contributed by atoms with Gasteiger partial charge in [0.1, 0.15) is 18.2 Å². The molecule has 6 nitrogen and oxygen atoms in total. The number of ether oxygens (including phenoxy) is 1. The molecule has 0 aliphatic carbocycles. The van der Waals surface area contributed by atoms with Crippen molar-refractivity contribution >= 4 is 5.91 Å². The molecule has 0 spiro atoms. The van der Waals surface area contributed by atoms with E-state index < -0.39 is 0 Å². The molecule has 3 rings (SSSR count). The lowest BCUT2D eigenvalue weighted by Gasteiger charge is -2.27. The Balaban J connectivity index is 1.94. The summed E-state index contributed by atoms with van der Waals surface area (Å²) in [5.41, 5.74) is 1.57. The molecule has 1 aromatic heterocycles. The summed E-state index contributed by atoms with van der Waals surface area (Å²) in [6, 6.07) is 5.72. The maximum Gasteiger partial charge on any atom is 0.254 e. The van der Waals surface area contributed by atoms with E-state index in [1.165, 1.54) is 19.2 Å². The van der Waals surface area contributed by atoms with Crippen LogP contribution in [-0.4, -0.2) is 41.0 Å². The molecule has 2 heterocycles. The molecule has 2 aromatic rings. The predicted octanol–water partition coefficient (Wildman–Crippen LogP) is 1.11. The van der Waals surface area contributed by atoms with E-state index in [1.807, 2.05) is 0 Å². The molecular weight excluding hydrogens is 301 g/mol. The Morgan fingerprint density at radius 2 is 2.13 bits per heavy atom. The Kier molecular flexibility index (Phi) is 4.20. The standard InChI is InChI=1S/C16H16FN3O3/c1-23-9-14(21)20-7-6-12-13(8-20)18-15(19-16(12)22)10-2-4-11(17)5-3-10/h2-5H,6-9H2,1H3,(H,18,19,22). The first kappa shape index (κ1) is 15.4. The van der Waals surface area contributed by atoms with Crippen LogP contribution < -0.4 is 5.56 Å². The molecule has 0 saturated heterocycles. The van der Waals surface area contributed by atoms with E-state index in [9.17, 15) is 14.0 Å². The number of methoxy groups -OCH3 is 1. The van der Waals surface area contributed by atoms with Crippen LogP contribution in [0.25, 0.3) is 11.4 Å². The second kappa shape index (κ2) is 6.29. The molecule has 1 aliphatic heterocycles. The van der Waals surface area contributed by atoms with E-state index in [0.717, 1.165) is 0 Å². The number of hydrogen-bond donors (Lipinski definition) is 1. The fourth-order valence-corrected chi connectivity index (χ4v) is 2.61. The van der Waals surface area contributed by atoms with Gasteiger partial charge in [0.25, 0.3) is 5.56 Å². The second-order valence-corrected chi connectivity index (χ2v) is 5.34. The zero-order chi connectivity index (χ0) is 16.4. The number of halogens is 1. The fraction of sp³-hybridized carbons (Fsp3) is 0.312. The quantitative estimate of drug-likeness (QED) is 0.920. The van der Waals surface area contributed by atoms with Gasteiger partial charge in [-0.05, 0) is 30.7 Å². The van der Waals surface area contributed by atoms with Crippen molar-refractivity contribution in [1.82, 2.24) is 14.9 Å². The summed E-state index contributed by atoms with van der Waals surface area (Å²) in [5, 5.41) is 0. The van der Waals surface area contributed by atoms with Crippen LogP contribution in [0.1, 0.15) is 11.3 Å². The summed E-state index contributed by atoms with van der Waals surface area (Å²) in [7, 11) is 1.46. The van der Waals surface area contributed by atoms with Crippen molar-refractivity contribution in [3.05, 3.63) is 51.7 Å². The molecule has 0 saturated carbocycles. The van der Waals surface area contributed by atoms with Gasteiger partial charge < -0.3 is 14.6 Å². The third-order valence-corrected chi connectivity index (χ3v) is 3.81. The highest BCUT2D eigenvalue weighted by Crippen LogP contribution is 2.19. The normalized spacial score (nSPS) is 13.7. The first-order valence-electron chi connectivity index (χ1n) is 7.23. The minimum absolute atomic E-state index is 0.00332. The van der Waals surface area contributed by atoms with E-state index in [1.54, 1.807) is 17.0 Å². The largest absolute Gasteiger partial charge is 0.375 e. The van der Waals surface area contributed by atoms with Crippen LogP contribution in [0.2, 0.25) is 0 Å². The number of H-pyrrole nitrogens is 1. The predicted molar refractivity (Wildman–Crippen MR) is 81.2 cm³/mol. The van der Waals surface area contributed by atoms with E-state index in [4.69, 9.17) is 4.74 Å². The van der Waals surface area contributed by atoms with Crippen LogP contribution in [0, 0.1) is 5.82 Å². The van der Waals surface area contributed by atoms with Gasteiger partial charge in [0.15, 0.2) is 0 Å². The monoisotopic (exact) mass is 317 g/mol. The van der Waals surface area contributed by atoms with E-state index in [-0.39, 0.29) is 30.4 Å². The van der Waals surface area contributed by atoms with E-state index >= 15 is 0 Å². The number of fused-ring (bicyclic) bond motifs is 1. The van der Waals surface area contributed by atoms with Gasteiger partial charge in [0, 0.05) is 24.8 Å². The zero-order valence-corrected chi connectivity index (χ0v) is 12.6. The lowest BCUT2D eigenvalue weighted by molar-refractivity contribution is -0.136. The molecule has 0 fully saturated rings. The van der Waals surface area contributed by atoms with Gasteiger partial charge in [-0.2, -0.15) is 0 Å². The molecule has 0 radical (unpaired) electrons. The van der Waals surface area contributed by atoms with Crippen molar-refractivity contribution in [1.29, 1.82) is 0 Å². The van der Waals surface area contributed by atoms with E-state index in [2.05, 4.69) is 9.97 Å². The first-order valence-corrected chi connectivity index (χ1v) is 7.23. The molecule has 7 heteroatoms. The Morgan fingerprint density at radius 3 is 2.83 bits per heavy atom. The van der Waals surface area contributed by atoms with Crippen molar-refractivity contribution in [3.63, 3.8) is 0 Å². The minimum atomic E-state index is -0.356. The van der Waals surface area contributed by atoms with Crippen molar-refractivity contribution in [2.75, 3.05) is 20.3 Å².